The molecule has 16 heteroatoms. The summed E-state index contributed by atoms with van der Waals surface area (Å²) in [5, 5.41) is 50.5. The first kappa shape index (κ1) is 51.6. The number of aliphatic carboxylic acids is 5. The topological polar surface area (TPSA) is 224 Å². The molecule has 346 valence electrons. The zero-order valence-electron chi connectivity index (χ0n) is 36.7. The van der Waals surface area contributed by atoms with Gasteiger partial charge in [-0.25, -0.2) is 0 Å². The van der Waals surface area contributed by atoms with Gasteiger partial charge in [-0.1, -0.05) is 76.4 Å². The molecule has 3 aromatic rings. The van der Waals surface area contributed by atoms with E-state index in [1.54, 1.807) is 77.7 Å². The maximum absolute atomic E-state index is 12.6. The third-order valence-corrected chi connectivity index (χ3v) is 10.5. The highest BCUT2D eigenvalue weighted by Gasteiger charge is 2.31. The van der Waals surface area contributed by atoms with Gasteiger partial charge in [0.25, 0.3) is 0 Å². The number of carboxylic acid groups (broad SMARTS) is 5. The smallest absolute Gasteiger partial charge is 0.317 e. The average molecular weight is 880 g/mol. The minimum atomic E-state index is -1.21. The van der Waals surface area contributed by atoms with Gasteiger partial charge in [-0.05, 0) is 72.4 Å². The van der Waals surface area contributed by atoms with Gasteiger partial charge in [-0.2, -0.15) is 0 Å². The molecule has 0 fully saturated rings. The Bertz CT molecular complexity index is 1740. The van der Waals surface area contributed by atoms with Crippen LogP contribution < -0.4 is 14.2 Å². The normalized spacial score (nSPS) is 12.8. The number of hydrogen-bond donors (Lipinski definition) is 5. The second-order valence-corrected chi connectivity index (χ2v) is 15.4. The highest BCUT2D eigenvalue weighted by molar-refractivity contribution is 5.71. The van der Waals surface area contributed by atoms with E-state index in [0.717, 1.165) is 38.5 Å². The molecule has 3 aromatic carbocycles. The van der Waals surface area contributed by atoms with Gasteiger partial charge in [-0.15, -0.1) is 0 Å². The van der Waals surface area contributed by atoms with E-state index in [4.69, 9.17) is 14.2 Å². The second-order valence-electron chi connectivity index (χ2n) is 15.4. The molecule has 5 N–H and O–H groups in total. The summed E-state index contributed by atoms with van der Waals surface area (Å²) < 4.78 is 17.4. The van der Waals surface area contributed by atoms with Crippen LogP contribution in [0.3, 0.4) is 0 Å². The number of nitrogens with zero attached hydrogens (tertiary/aromatic N) is 3. The van der Waals surface area contributed by atoms with Crippen molar-refractivity contribution in [3.8, 4) is 17.2 Å². The maximum atomic E-state index is 12.6. The summed E-state index contributed by atoms with van der Waals surface area (Å²) >= 11 is 0. The van der Waals surface area contributed by atoms with Crippen LogP contribution in [0.4, 0.5) is 0 Å². The first-order chi connectivity index (χ1) is 30.2. The minimum absolute atomic E-state index is 0.0165. The molecule has 0 amide bonds. The van der Waals surface area contributed by atoms with Gasteiger partial charge in [0.15, 0.2) is 0 Å². The van der Waals surface area contributed by atoms with E-state index in [9.17, 15) is 49.5 Å². The number of rotatable bonds is 34. The summed E-state index contributed by atoms with van der Waals surface area (Å²) in [6, 6.07) is 18.0. The fourth-order valence-electron chi connectivity index (χ4n) is 7.21. The van der Waals surface area contributed by atoms with Crippen LogP contribution in [0, 0.1) is 0 Å². The minimum Gasteiger partial charge on any atom is -0.494 e. The number of hydrogen-bond acceptors (Lipinski definition) is 11. The predicted molar refractivity (Wildman–Crippen MR) is 236 cm³/mol. The fraction of sp³-hybridized carbons (Fsp3) is 0.511. The van der Waals surface area contributed by atoms with Crippen LogP contribution in [0.5, 0.6) is 17.2 Å². The summed E-state index contributed by atoms with van der Waals surface area (Å²) in [5.74, 6) is -4.11. The predicted octanol–water partition coefficient (Wildman–Crippen LogP) is 7.25. The van der Waals surface area contributed by atoms with Crippen molar-refractivity contribution in [1.82, 2.24) is 14.7 Å². The molecule has 0 radical (unpaired) electrons. The Morgan fingerprint density at radius 1 is 0.413 bits per heavy atom. The molecule has 63 heavy (non-hydrogen) atoms. The number of carbonyl (C=O) groups is 5. The molecule has 0 bridgehead atoms. The van der Waals surface area contributed by atoms with Crippen LogP contribution in [0.2, 0.25) is 0 Å². The van der Waals surface area contributed by atoms with Crippen LogP contribution in [0.25, 0.3) is 0 Å². The average Bonchev–Trinajstić information content (AvgIpc) is 3.24. The lowest BCUT2D eigenvalue weighted by Gasteiger charge is -2.38. The van der Waals surface area contributed by atoms with Crippen LogP contribution in [-0.2, 0) is 24.0 Å². The van der Waals surface area contributed by atoms with Gasteiger partial charge in [-0.3, -0.25) is 38.7 Å². The Morgan fingerprint density at radius 3 is 0.905 bits per heavy atom. The molecular formula is C47H65N3O13. The van der Waals surface area contributed by atoms with Crippen molar-refractivity contribution in [2.45, 2.75) is 96.7 Å². The first-order valence-electron chi connectivity index (χ1n) is 21.7. The third kappa shape index (κ3) is 19.1. The fourth-order valence-corrected chi connectivity index (χ4v) is 7.21. The molecule has 0 saturated carbocycles. The largest absolute Gasteiger partial charge is 0.494 e. The number of benzene rings is 3. The van der Waals surface area contributed by atoms with Crippen LogP contribution >= 0.6 is 0 Å². The number of ether oxygens (including phenoxy) is 3. The molecule has 0 aromatic heterocycles. The number of unbranched alkanes of at least 4 members (excludes halogenated alkanes) is 3. The lowest BCUT2D eigenvalue weighted by molar-refractivity contribution is -0.143. The Kier molecular flexibility index (Phi) is 23.0. The van der Waals surface area contributed by atoms with E-state index in [1.165, 1.54) is 9.80 Å². The van der Waals surface area contributed by atoms with Crippen molar-refractivity contribution in [1.29, 1.82) is 0 Å². The van der Waals surface area contributed by atoms with Crippen molar-refractivity contribution in [3.05, 3.63) is 89.5 Å². The molecule has 0 aliphatic carbocycles. The van der Waals surface area contributed by atoms with E-state index < -0.39 is 80.3 Å². The summed E-state index contributed by atoms with van der Waals surface area (Å²) in [5.41, 5.74) is 1.68. The van der Waals surface area contributed by atoms with Crippen LogP contribution in [-0.4, -0.2) is 129 Å². The van der Waals surface area contributed by atoms with Gasteiger partial charge in [0.05, 0.1) is 52.2 Å². The molecule has 0 saturated heterocycles. The molecule has 0 aliphatic heterocycles. The molecule has 0 heterocycles. The Hall–Kier alpha value is -5.71. The lowest BCUT2D eigenvalue weighted by atomic mass is 9.99. The molecular weight excluding hydrogens is 815 g/mol. The van der Waals surface area contributed by atoms with Crippen molar-refractivity contribution < 1.29 is 63.7 Å². The van der Waals surface area contributed by atoms with Gasteiger partial charge in [0.1, 0.15) is 17.2 Å². The Balaban J connectivity index is 2.08. The highest BCUT2D eigenvalue weighted by atomic mass is 16.5. The van der Waals surface area contributed by atoms with Gasteiger partial charge >= 0.3 is 29.8 Å². The summed E-state index contributed by atoms with van der Waals surface area (Å²) in [6.07, 6.45) is 4.08. The second kappa shape index (κ2) is 28.1. The van der Waals surface area contributed by atoms with E-state index >= 15 is 0 Å². The molecule has 3 atom stereocenters. The maximum Gasteiger partial charge on any atom is 0.317 e. The first-order valence-corrected chi connectivity index (χ1v) is 21.7. The third-order valence-electron chi connectivity index (χ3n) is 10.5. The van der Waals surface area contributed by atoms with Crippen molar-refractivity contribution in [3.63, 3.8) is 0 Å². The molecule has 3 rings (SSSR count). The SMILES string of the molecule is CCCCOc1ccc(C(CC(=O)O)N(CCN(CC(=O)O)C(CC(=O)O)c2ccc(OCCCC)cc2)CCN(CC(=O)O)C(CC(=O)O)c2ccc(OCCCC)cc2)cc1. The molecule has 0 aliphatic rings. The monoisotopic (exact) mass is 879 g/mol. The van der Waals surface area contributed by atoms with Gasteiger partial charge < -0.3 is 39.7 Å². The van der Waals surface area contributed by atoms with Gasteiger partial charge in [0, 0.05) is 44.3 Å². The number of carboxylic acids is 5. The van der Waals surface area contributed by atoms with E-state index in [2.05, 4.69) is 0 Å². The van der Waals surface area contributed by atoms with Gasteiger partial charge in [0.2, 0.25) is 0 Å². The Morgan fingerprint density at radius 2 is 0.667 bits per heavy atom. The highest BCUT2D eigenvalue weighted by Crippen LogP contribution is 2.31. The molecule has 0 spiro atoms. The van der Waals surface area contributed by atoms with Crippen molar-refractivity contribution >= 4 is 29.8 Å². The van der Waals surface area contributed by atoms with E-state index in [0.29, 0.717) is 53.8 Å². The summed E-state index contributed by atoms with van der Waals surface area (Å²) in [7, 11) is 0. The van der Waals surface area contributed by atoms with Crippen molar-refractivity contribution in [2.24, 2.45) is 0 Å². The van der Waals surface area contributed by atoms with Crippen molar-refractivity contribution in [2.75, 3.05) is 59.1 Å². The van der Waals surface area contributed by atoms with E-state index in [-0.39, 0.29) is 26.2 Å². The Labute approximate surface area is 370 Å². The standard InChI is InChI=1S/C47H65N3O13/c1-4-7-26-61-37-16-10-34(11-17-37)40(29-43(51)52)48(22-24-49(32-46(57)58)41(30-44(53)54)35-12-18-38(19-13-35)62-27-8-5-2)23-25-50(33-47(59)60)42(31-45(55)56)36-14-20-39(21-15-36)63-28-9-6-3/h10-21,40-42H,4-9,22-33H2,1-3H3,(H,51,52)(H,53,54)(H,55,56)(H,57,58)(H,59,60). The van der Waals surface area contributed by atoms with Crippen LogP contribution in [0.1, 0.15) is 113 Å². The molecule has 16 nitrogen and oxygen atoms in total. The van der Waals surface area contributed by atoms with E-state index in [1.807, 2.05) is 20.8 Å². The zero-order chi connectivity index (χ0) is 46.1. The molecule has 3 unspecified atom stereocenters. The quantitative estimate of drug-likeness (QED) is 0.0373. The summed E-state index contributed by atoms with van der Waals surface area (Å²) in [6.45, 7) is 6.50. The lowest BCUT2D eigenvalue weighted by Crippen LogP contribution is -2.45. The summed E-state index contributed by atoms with van der Waals surface area (Å²) in [4.78, 5) is 66.7. The van der Waals surface area contributed by atoms with Crippen LogP contribution in [0.15, 0.2) is 72.8 Å². The zero-order valence-corrected chi connectivity index (χ0v) is 36.7.